The lowest BCUT2D eigenvalue weighted by molar-refractivity contribution is 0.102. The van der Waals surface area contributed by atoms with Gasteiger partial charge in [-0.3, -0.25) is 10.1 Å². The van der Waals surface area contributed by atoms with Crippen LogP contribution in [0.4, 0.5) is 5.95 Å². The lowest BCUT2D eigenvalue weighted by Gasteiger charge is -2.07. The van der Waals surface area contributed by atoms with Gasteiger partial charge in [0.15, 0.2) is 0 Å². The quantitative estimate of drug-likeness (QED) is 0.399. The molecule has 8 heteroatoms. The van der Waals surface area contributed by atoms with Crippen molar-refractivity contribution in [2.75, 3.05) is 5.32 Å². The first-order chi connectivity index (χ1) is 15.6. The normalized spacial score (nSPS) is 12.5. The molecule has 1 aliphatic carbocycles. The fraction of sp³-hybridized carbons (Fsp3) is 0.208. The first-order valence-electron chi connectivity index (χ1n) is 10.4. The zero-order valence-corrected chi connectivity index (χ0v) is 18.8. The molecule has 6 nitrogen and oxygen atoms in total. The third-order valence-corrected chi connectivity index (χ3v) is 6.60. The van der Waals surface area contributed by atoms with Crippen molar-refractivity contribution in [3.63, 3.8) is 0 Å². The van der Waals surface area contributed by atoms with E-state index in [-0.39, 0.29) is 11.9 Å². The summed E-state index contributed by atoms with van der Waals surface area (Å²) in [6.45, 7) is 0.972. The number of amides is 1. The minimum absolute atomic E-state index is 0.233. The number of carbonyl (C=O) groups excluding carboxylic acids is 1. The Morgan fingerprint density at radius 1 is 1.09 bits per heavy atom. The molecule has 2 aromatic carbocycles. The number of nitrogens with zero attached hydrogens (tertiary/aromatic N) is 3. The largest absolute Gasteiger partial charge is 0.489 e. The Labute approximate surface area is 194 Å². The molecule has 0 saturated carbocycles. The maximum absolute atomic E-state index is 12.6. The standard InChI is InChI=1S/C24H21ClN4O2S/c25-20-7-4-16(5-8-20)12-29-15-26-24(28-29)27-23(30)22-10-17(14-32-22)13-31-21-9-6-18-2-1-3-19(18)11-21/h4-11,14-15H,1-3,12-13H2,(H,27,28,30). The van der Waals surface area contributed by atoms with Gasteiger partial charge in [-0.25, -0.2) is 9.67 Å². The zero-order chi connectivity index (χ0) is 21.9. The van der Waals surface area contributed by atoms with Gasteiger partial charge in [-0.1, -0.05) is 29.8 Å². The summed E-state index contributed by atoms with van der Waals surface area (Å²) in [5.74, 6) is 0.912. The van der Waals surface area contributed by atoms with E-state index in [2.05, 4.69) is 27.5 Å². The molecule has 162 valence electrons. The Bertz CT molecular complexity index is 1250. The average molecular weight is 465 g/mol. The molecule has 0 fully saturated rings. The summed E-state index contributed by atoms with van der Waals surface area (Å²) in [6.07, 6.45) is 5.09. The number of benzene rings is 2. The molecule has 2 heterocycles. The van der Waals surface area contributed by atoms with Gasteiger partial charge in [-0.15, -0.1) is 16.4 Å². The van der Waals surface area contributed by atoms with Gasteiger partial charge in [-0.05, 0) is 71.7 Å². The van der Waals surface area contributed by atoms with Crippen LogP contribution in [0.5, 0.6) is 5.75 Å². The number of halogens is 1. The monoisotopic (exact) mass is 464 g/mol. The lowest BCUT2D eigenvalue weighted by atomic mass is 10.1. The van der Waals surface area contributed by atoms with E-state index in [4.69, 9.17) is 16.3 Å². The predicted octanol–water partition coefficient (Wildman–Crippen LogP) is 5.36. The maximum Gasteiger partial charge on any atom is 0.268 e. The van der Waals surface area contributed by atoms with E-state index < -0.39 is 0 Å². The minimum atomic E-state index is -0.233. The van der Waals surface area contributed by atoms with Crippen LogP contribution in [0.25, 0.3) is 0 Å². The van der Waals surface area contributed by atoms with Crippen LogP contribution >= 0.6 is 22.9 Å². The van der Waals surface area contributed by atoms with Crippen LogP contribution in [-0.4, -0.2) is 20.7 Å². The summed E-state index contributed by atoms with van der Waals surface area (Å²) in [6, 6.07) is 15.7. The van der Waals surface area contributed by atoms with Crippen molar-refractivity contribution in [3.05, 3.63) is 92.4 Å². The van der Waals surface area contributed by atoms with Crippen LogP contribution in [0, 0.1) is 0 Å². The molecule has 5 rings (SSSR count). The maximum atomic E-state index is 12.6. The number of nitrogens with one attached hydrogen (secondary N) is 1. The van der Waals surface area contributed by atoms with Gasteiger partial charge in [0.2, 0.25) is 5.95 Å². The molecule has 1 amide bonds. The van der Waals surface area contributed by atoms with Gasteiger partial charge < -0.3 is 4.74 Å². The first kappa shape index (κ1) is 20.7. The molecule has 1 N–H and O–H groups in total. The van der Waals surface area contributed by atoms with Crippen molar-refractivity contribution in [1.82, 2.24) is 14.8 Å². The number of thiophene rings is 1. The Morgan fingerprint density at radius 3 is 2.81 bits per heavy atom. The average Bonchev–Trinajstić information content (AvgIpc) is 3.54. The molecule has 0 unspecified atom stereocenters. The number of anilines is 1. The van der Waals surface area contributed by atoms with Crippen molar-refractivity contribution in [1.29, 1.82) is 0 Å². The van der Waals surface area contributed by atoms with E-state index in [9.17, 15) is 4.79 Å². The molecule has 0 saturated heterocycles. The summed E-state index contributed by atoms with van der Waals surface area (Å²) in [5.41, 5.74) is 4.82. The number of hydrogen-bond donors (Lipinski definition) is 1. The Hall–Kier alpha value is -3.16. The van der Waals surface area contributed by atoms with Crippen LogP contribution in [0.15, 0.2) is 60.2 Å². The Morgan fingerprint density at radius 2 is 1.94 bits per heavy atom. The minimum Gasteiger partial charge on any atom is -0.489 e. The second-order valence-corrected chi connectivity index (χ2v) is 9.09. The van der Waals surface area contributed by atoms with Crippen molar-refractivity contribution < 1.29 is 9.53 Å². The highest BCUT2D eigenvalue weighted by Gasteiger charge is 2.14. The number of fused-ring (bicyclic) bond motifs is 1. The summed E-state index contributed by atoms with van der Waals surface area (Å²) < 4.78 is 7.60. The highest BCUT2D eigenvalue weighted by atomic mass is 35.5. The molecular formula is C24H21ClN4O2S. The van der Waals surface area contributed by atoms with Gasteiger partial charge in [0.1, 0.15) is 18.7 Å². The molecule has 0 radical (unpaired) electrons. The second-order valence-electron chi connectivity index (χ2n) is 7.74. The van der Waals surface area contributed by atoms with E-state index >= 15 is 0 Å². The number of aromatic nitrogens is 3. The van der Waals surface area contributed by atoms with Crippen molar-refractivity contribution in [3.8, 4) is 5.75 Å². The fourth-order valence-corrected chi connectivity index (χ4v) is 4.66. The molecule has 2 aromatic heterocycles. The summed E-state index contributed by atoms with van der Waals surface area (Å²) >= 11 is 7.29. The van der Waals surface area contributed by atoms with Crippen LogP contribution < -0.4 is 10.1 Å². The Kier molecular flexibility index (Phi) is 5.92. The van der Waals surface area contributed by atoms with Crippen LogP contribution in [0.3, 0.4) is 0 Å². The van der Waals surface area contributed by atoms with Gasteiger partial charge in [0, 0.05) is 10.6 Å². The number of aryl methyl sites for hydroxylation is 2. The van der Waals surface area contributed by atoms with Crippen molar-refractivity contribution in [2.45, 2.75) is 32.4 Å². The Balaban J connectivity index is 1.16. The highest BCUT2D eigenvalue weighted by Crippen LogP contribution is 2.27. The third kappa shape index (κ3) is 4.84. The molecular weight excluding hydrogens is 444 g/mol. The van der Waals surface area contributed by atoms with E-state index in [1.807, 2.05) is 41.8 Å². The SMILES string of the molecule is O=C(Nc1ncn(Cc2ccc(Cl)cc2)n1)c1cc(COc2ccc3c(c2)CCC3)cs1. The van der Waals surface area contributed by atoms with Crippen LogP contribution in [-0.2, 0) is 26.0 Å². The van der Waals surface area contributed by atoms with Crippen LogP contribution in [0.2, 0.25) is 5.02 Å². The van der Waals surface area contributed by atoms with Crippen LogP contribution in [0.1, 0.15) is 38.3 Å². The van der Waals surface area contributed by atoms with Gasteiger partial charge >= 0.3 is 0 Å². The second kappa shape index (κ2) is 9.14. The summed E-state index contributed by atoms with van der Waals surface area (Å²) in [4.78, 5) is 17.4. The van der Waals surface area contributed by atoms with Crippen molar-refractivity contribution in [2.24, 2.45) is 0 Å². The summed E-state index contributed by atoms with van der Waals surface area (Å²) in [5, 5.41) is 9.71. The van der Waals surface area contributed by atoms with Gasteiger partial charge in [0.25, 0.3) is 5.91 Å². The number of hydrogen-bond acceptors (Lipinski definition) is 5. The van der Waals surface area contributed by atoms with Gasteiger partial charge in [-0.2, -0.15) is 0 Å². The first-order valence-corrected chi connectivity index (χ1v) is 11.7. The smallest absolute Gasteiger partial charge is 0.268 e. The zero-order valence-electron chi connectivity index (χ0n) is 17.3. The third-order valence-electron chi connectivity index (χ3n) is 5.37. The summed E-state index contributed by atoms with van der Waals surface area (Å²) in [7, 11) is 0. The van der Waals surface area contributed by atoms with E-state index in [0.717, 1.165) is 29.7 Å². The molecule has 1 aliphatic rings. The van der Waals surface area contributed by atoms with Crippen molar-refractivity contribution >= 4 is 34.8 Å². The highest BCUT2D eigenvalue weighted by molar-refractivity contribution is 7.12. The number of ether oxygens (including phenoxy) is 1. The number of carbonyl (C=O) groups is 1. The fourth-order valence-electron chi connectivity index (χ4n) is 3.74. The predicted molar refractivity (Wildman–Crippen MR) is 126 cm³/mol. The lowest BCUT2D eigenvalue weighted by Crippen LogP contribution is -2.12. The molecule has 0 atom stereocenters. The number of rotatable bonds is 7. The molecule has 4 aromatic rings. The molecule has 32 heavy (non-hydrogen) atoms. The van der Waals surface area contributed by atoms with E-state index in [1.165, 1.54) is 28.9 Å². The van der Waals surface area contributed by atoms with Gasteiger partial charge in [0.05, 0.1) is 11.4 Å². The van der Waals surface area contributed by atoms with E-state index in [0.29, 0.717) is 23.1 Å². The molecule has 0 aliphatic heterocycles. The van der Waals surface area contributed by atoms with E-state index in [1.54, 1.807) is 11.0 Å². The topological polar surface area (TPSA) is 69.0 Å². The molecule has 0 bridgehead atoms. The molecule has 0 spiro atoms.